The Balaban J connectivity index is 0.000000360. The fourth-order valence-electron chi connectivity index (χ4n) is 0.694. The van der Waals surface area contributed by atoms with Crippen LogP contribution in [0.3, 0.4) is 0 Å². The second kappa shape index (κ2) is 9.69. The molecule has 0 heterocycles. The number of hydrogen-bond acceptors (Lipinski definition) is 2. The molecule has 0 N–H and O–H groups in total. The molecular formula is C9H7ClF6S2. The summed E-state index contributed by atoms with van der Waals surface area (Å²) in [4.78, 5) is 0.532. The van der Waals surface area contributed by atoms with Crippen molar-refractivity contribution in [3.05, 3.63) is 29.3 Å². The van der Waals surface area contributed by atoms with Crippen molar-refractivity contribution in [3.8, 4) is 0 Å². The minimum Gasteiger partial charge on any atom is -0.198 e. The fourth-order valence-corrected chi connectivity index (χ4v) is 1.47. The highest BCUT2D eigenvalue weighted by atomic mass is 35.5. The van der Waals surface area contributed by atoms with Crippen LogP contribution in [0.4, 0.5) is 26.3 Å². The number of alkyl halides is 6. The highest BCUT2D eigenvalue weighted by Gasteiger charge is 2.11. The van der Waals surface area contributed by atoms with E-state index in [1.807, 2.05) is 0 Å². The van der Waals surface area contributed by atoms with Crippen LogP contribution in [0.25, 0.3) is 0 Å². The van der Waals surface area contributed by atoms with Gasteiger partial charge in [0.2, 0.25) is 0 Å². The zero-order valence-corrected chi connectivity index (χ0v) is 10.9. The third-order valence-electron chi connectivity index (χ3n) is 1.24. The van der Waals surface area contributed by atoms with Gasteiger partial charge in [-0.25, -0.2) is 0 Å². The molecule has 1 aromatic rings. The monoisotopic (exact) mass is 328 g/mol. The van der Waals surface area contributed by atoms with Crippen molar-refractivity contribution in [2.24, 2.45) is 0 Å². The summed E-state index contributed by atoms with van der Waals surface area (Å²) < 4.78 is 66.6. The maximum Gasteiger partial charge on any atom is 0.289 e. The lowest BCUT2D eigenvalue weighted by Gasteiger charge is -1.98. The predicted octanol–water partition coefficient (Wildman–Crippen LogP) is 5.82. The minimum atomic E-state index is -2.96. The number of thioether (sulfide) groups is 2. The zero-order chi connectivity index (χ0) is 14.1. The lowest BCUT2D eigenvalue weighted by Crippen LogP contribution is -1.87. The SMILES string of the molecule is FC(F)SC(F)F.FC(F)Sc1ccc(Cl)cc1. The summed E-state index contributed by atoms with van der Waals surface area (Å²) in [5.41, 5.74) is 0. The van der Waals surface area contributed by atoms with Gasteiger partial charge >= 0.3 is 0 Å². The van der Waals surface area contributed by atoms with Gasteiger partial charge in [0.1, 0.15) is 0 Å². The third kappa shape index (κ3) is 10.9. The van der Waals surface area contributed by atoms with E-state index in [1.165, 1.54) is 0 Å². The van der Waals surface area contributed by atoms with Crippen molar-refractivity contribution >= 4 is 35.1 Å². The lowest BCUT2D eigenvalue weighted by molar-refractivity contribution is 0.218. The first-order chi connectivity index (χ1) is 8.31. The molecule has 0 spiro atoms. The van der Waals surface area contributed by atoms with E-state index in [0.717, 1.165) is 0 Å². The Kier molecular flexibility index (Phi) is 9.57. The molecule has 0 aliphatic rings. The second-order valence-electron chi connectivity index (χ2n) is 2.49. The topological polar surface area (TPSA) is 0 Å². The molecule has 0 aliphatic carbocycles. The largest absolute Gasteiger partial charge is 0.289 e. The molecule has 0 unspecified atom stereocenters. The van der Waals surface area contributed by atoms with Crippen LogP contribution in [-0.2, 0) is 0 Å². The molecule has 104 valence electrons. The van der Waals surface area contributed by atoms with Gasteiger partial charge in [0.15, 0.2) is 0 Å². The van der Waals surface area contributed by atoms with Gasteiger partial charge in [-0.2, -0.15) is 26.3 Å². The van der Waals surface area contributed by atoms with Gasteiger partial charge < -0.3 is 0 Å². The molecule has 1 rings (SSSR count). The van der Waals surface area contributed by atoms with Gasteiger partial charge in [0, 0.05) is 9.92 Å². The third-order valence-corrected chi connectivity index (χ3v) is 2.63. The first-order valence-electron chi connectivity index (χ1n) is 4.23. The van der Waals surface area contributed by atoms with Crippen molar-refractivity contribution in [2.75, 3.05) is 0 Å². The number of hydrogen-bond donors (Lipinski definition) is 0. The minimum absolute atomic E-state index is 0.515. The smallest absolute Gasteiger partial charge is 0.198 e. The van der Waals surface area contributed by atoms with Crippen LogP contribution < -0.4 is 0 Å². The van der Waals surface area contributed by atoms with E-state index in [9.17, 15) is 26.3 Å². The highest BCUT2D eigenvalue weighted by Crippen LogP contribution is 2.25. The Morgan fingerprint density at radius 2 is 1.22 bits per heavy atom. The van der Waals surface area contributed by atoms with E-state index < -0.39 is 29.0 Å². The first-order valence-corrected chi connectivity index (χ1v) is 6.43. The van der Waals surface area contributed by atoms with Crippen LogP contribution >= 0.6 is 35.1 Å². The van der Waals surface area contributed by atoms with Crippen LogP contribution in [0, 0.1) is 0 Å². The zero-order valence-electron chi connectivity index (χ0n) is 8.50. The molecule has 0 aromatic heterocycles. The van der Waals surface area contributed by atoms with E-state index in [0.29, 0.717) is 21.7 Å². The second-order valence-corrected chi connectivity index (χ2v) is 4.97. The Morgan fingerprint density at radius 1 is 0.778 bits per heavy atom. The molecule has 1 aromatic carbocycles. The van der Waals surface area contributed by atoms with Gasteiger partial charge in [0.05, 0.1) is 0 Å². The van der Waals surface area contributed by atoms with Crippen molar-refractivity contribution in [3.63, 3.8) is 0 Å². The molecule has 9 heteroatoms. The standard InChI is InChI=1S/C7H5ClF2S.C2H2F4S/c8-5-1-3-6(4-2-5)11-7(9)10;3-1(4)7-2(5)6/h1-4,7H;1-2H. The molecular weight excluding hydrogens is 322 g/mol. The summed E-state index contributed by atoms with van der Waals surface area (Å²) in [7, 11) is 0. The maximum absolute atomic E-state index is 11.8. The maximum atomic E-state index is 11.8. The molecule has 0 nitrogen and oxygen atoms in total. The van der Waals surface area contributed by atoms with E-state index in [2.05, 4.69) is 0 Å². The van der Waals surface area contributed by atoms with Gasteiger partial charge in [-0.15, -0.1) is 0 Å². The van der Waals surface area contributed by atoms with Crippen molar-refractivity contribution < 1.29 is 26.3 Å². The summed E-state index contributed by atoms with van der Waals surface area (Å²) in [6.07, 6.45) is 0. The average molecular weight is 329 g/mol. The summed E-state index contributed by atoms with van der Waals surface area (Å²) in [5.74, 6) is -8.28. The quantitative estimate of drug-likeness (QED) is 0.504. The van der Waals surface area contributed by atoms with Gasteiger partial charge in [-0.3, -0.25) is 0 Å². The van der Waals surface area contributed by atoms with E-state index in [1.54, 1.807) is 24.3 Å². The van der Waals surface area contributed by atoms with Crippen LogP contribution in [0.1, 0.15) is 0 Å². The van der Waals surface area contributed by atoms with Crippen LogP contribution in [-0.4, -0.2) is 17.3 Å². The average Bonchev–Trinajstić information content (AvgIpc) is 2.19. The Bertz CT molecular complexity index is 313. The first kappa shape index (κ1) is 17.8. The highest BCUT2D eigenvalue weighted by molar-refractivity contribution is 8.00. The molecule has 0 saturated carbocycles. The number of rotatable bonds is 4. The molecule has 0 saturated heterocycles. The molecule has 0 amide bonds. The lowest BCUT2D eigenvalue weighted by atomic mass is 10.4. The van der Waals surface area contributed by atoms with E-state index in [-0.39, 0.29) is 0 Å². The molecule has 0 aliphatic heterocycles. The molecule has 0 fully saturated rings. The Hall–Kier alpha value is -0.210. The van der Waals surface area contributed by atoms with Crippen molar-refractivity contribution in [1.29, 1.82) is 0 Å². The number of benzene rings is 1. The number of halogens is 7. The Morgan fingerprint density at radius 3 is 1.50 bits per heavy atom. The fraction of sp³-hybridized carbons (Fsp3) is 0.333. The molecule has 0 bridgehead atoms. The summed E-state index contributed by atoms with van der Waals surface area (Å²) in [6, 6.07) is 6.32. The van der Waals surface area contributed by atoms with Crippen LogP contribution in [0.2, 0.25) is 5.02 Å². The summed E-state index contributed by atoms with van der Waals surface area (Å²) in [5, 5.41) is 0.559. The predicted molar refractivity (Wildman–Crippen MR) is 62.9 cm³/mol. The van der Waals surface area contributed by atoms with Gasteiger partial charge in [0.25, 0.3) is 17.3 Å². The molecule has 0 radical (unpaired) electrons. The van der Waals surface area contributed by atoms with Gasteiger partial charge in [-0.05, 0) is 36.0 Å². The Labute approximate surface area is 113 Å². The molecule has 18 heavy (non-hydrogen) atoms. The normalized spacial score (nSPS) is 10.8. The summed E-state index contributed by atoms with van der Waals surface area (Å²) in [6.45, 7) is 0. The van der Waals surface area contributed by atoms with Crippen molar-refractivity contribution in [2.45, 2.75) is 22.2 Å². The van der Waals surface area contributed by atoms with Crippen LogP contribution in [0.5, 0.6) is 0 Å². The van der Waals surface area contributed by atoms with Gasteiger partial charge in [-0.1, -0.05) is 23.4 Å². The molecule has 0 atom stereocenters. The summed E-state index contributed by atoms with van der Waals surface area (Å²) >= 11 is 5.41. The van der Waals surface area contributed by atoms with E-state index >= 15 is 0 Å². The van der Waals surface area contributed by atoms with E-state index in [4.69, 9.17) is 11.6 Å². The van der Waals surface area contributed by atoms with Crippen molar-refractivity contribution in [1.82, 2.24) is 0 Å². The van der Waals surface area contributed by atoms with Crippen LogP contribution in [0.15, 0.2) is 29.2 Å².